The Hall–Kier alpha value is -1.89. The van der Waals surface area contributed by atoms with Crippen LogP contribution in [0.2, 0.25) is 0 Å². The zero-order chi connectivity index (χ0) is 15.0. The van der Waals surface area contributed by atoms with Gasteiger partial charge in [-0.2, -0.15) is 0 Å². The second kappa shape index (κ2) is 5.14. The number of Topliss-reactive ketones (excluding diaryl/α,β-unsaturated/α-hetero) is 1. The fourth-order valence-electron chi connectivity index (χ4n) is 3.84. The summed E-state index contributed by atoms with van der Waals surface area (Å²) in [6.45, 7) is 6.44. The maximum atomic E-state index is 12.1. The van der Waals surface area contributed by atoms with Crippen LogP contribution in [0.15, 0.2) is 42.5 Å². The van der Waals surface area contributed by atoms with E-state index in [2.05, 4.69) is 50.2 Å². The third kappa shape index (κ3) is 1.87. The van der Waals surface area contributed by atoms with Gasteiger partial charge in [0.25, 0.3) is 0 Å². The van der Waals surface area contributed by atoms with Gasteiger partial charge in [-0.25, -0.2) is 0 Å². The first kappa shape index (κ1) is 14.1. The van der Waals surface area contributed by atoms with E-state index in [9.17, 15) is 4.79 Å². The lowest BCUT2D eigenvalue weighted by molar-refractivity contribution is 0.0988. The lowest BCUT2D eigenvalue weighted by Gasteiger charge is -2.29. The second-order valence-corrected chi connectivity index (χ2v) is 5.87. The van der Waals surface area contributed by atoms with Gasteiger partial charge in [0, 0.05) is 17.4 Å². The molecular formula is C20H22O. The van der Waals surface area contributed by atoms with Crippen molar-refractivity contribution in [2.45, 2.75) is 45.4 Å². The number of hydrogen-bond acceptors (Lipinski definition) is 1. The standard InChI is InChI=1S/C20H22O/c1-4-19(21)14-11-12-16-15-9-7-8-10-17(15)20(5-2,6-3)18(16)13-14/h7-13H,4-6H2,1-3H3. The molecule has 108 valence electrons. The predicted molar refractivity (Wildman–Crippen MR) is 87.9 cm³/mol. The Kier molecular flexibility index (Phi) is 3.44. The molecule has 2 aromatic carbocycles. The maximum Gasteiger partial charge on any atom is 0.162 e. The van der Waals surface area contributed by atoms with E-state index in [1.807, 2.05) is 13.0 Å². The fraction of sp³-hybridized carbons (Fsp3) is 0.350. The minimum atomic E-state index is 0.0654. The van der Waals surface area contributed by atoms with Gasteiger partial charge in [-0.1, -0.05) is 57.2 Å². The van der Waals surface area contributed by atoms with Crippen molar-refractivity contribution in [3.63, 3.8) is 0 Å². The van der Waals surface area contributed by atoms with E-state index in [4.69, 9.17) is 0 Å². The first-order chi connectivity index (χ1) is 10.2. The Labute approximate surface area is 127 Å². The Morgan fingerprint density at radius 1 is 0.905 bits per heavy atom. The third-order valence-electron chi connectivity index (χ3n) is 5.12. The quantitative estimate of drug-likeness (QED) is 0.687. The molecule has 0 heterocycles. The van der Waals surface area contributed by atoms with Crippen LogP contribution in [0, 0.1) is 0 Å². The molecule has 3 rings (SSSR count). The van der Waals surface area contributed by atoms with Crippen molar-refractivity contribution in [2.24, 2.45) is 0 Å². The van der Waals surface area contributed by atoms with Crippen LogP contribution in [0.5, 0.6) is 0 Å². The summed E-state index contributed by atoms with van der Waals surface area (Å²) in [5.41, 5.74) is 6.33. The van der Waals surface area contributed by atoms with Crippen molar-refractivity contribution < 1.29 is 4.79 Å². The van der Waals surface area contributed by atoms with E-state index in [0.29, 0.717) is 6.42 Å². The number of carbonyl (C=O) groups is 1. The molecule has 0 aliphatic heterocycles. The number of ketones is 1. The van der Waals surface area contributed by atoms with Crippen molar-refractivity contribution in [3.05, 3.63) is 59.2 Å². The molecule has 0 spiro atoms. The van der Waals surface area contributed by atoms with Crippen LogP contribution >= 0.6 is 0 Å². The number of benzene rings is 2. The molecule has 0 atom stereocenters. The highest BCUT2D eigenvalue weighted by molar-refractivity contribution is 5.97. The van der Waals surface area contributed by atoms with Gasteiger partial charge in [-0.05, 0) is 41.2 Å². The molecule has 0 radical (unpaired) electrons. The number of hydrogen-bond donors (Lipinski definition) is 0. The third-order valence-corrected chi connectivity index (χ3v) is 5.12. The monoisotopic (exact) mass is 278 g/mol. The van der Waals surface area contributed by atoms with Gasteiger partial charge >= 0.3 is 0 Å². The highest BCUT2D eigenvalue weighted by Crippen LogP contribution is 2.52. The average molecular weight is 278 g/mol. The summed E-state index contributed by atoms with van der Waals surface area (Å²) in [4.78, 5) is 12.1. The predicted octanol–water partition coefficient (Wildman–Crippen LogP) is 5.37. The second-order valence-electron chi connectivity index (χ2n) is 5.87. The molecule has 2 aromatic rings. The molecule has 0 bridgehead atoms. The SMILES string of the molecule is CCC(=O)c1ccc2c(c1)C(CC)(CC)c1ccccc1-2. The van der Waals surface area contributed by atoms with Crippen LogP contribution in [-0.2, 0) is 5.41 Å². The summed E-state index contributed by atoms with van der Waals surface area (Å²) >= 11 is 0. The summed E-state index contributed by atoms with van der Waals surface area (Å²) < 4.78 is 0. The average Bonchev–Trinajstić information content (AvgIpc) is 2.84. The fourth-order valence-corrected chi connectivity index (χ4v) is 3.84. The van der Waals surface area contributed by atoms with E-state index in [0.717, 1.165) is 18.4 Å². The molecular weight excluding hydrogens is 256 g/mol. The minimum absolute atomic E-state index is 0.0654. The number of carbonyl (C=O) groups excluding carboxylic acids is 1. The Morgan fingerprint density at radius 3 is 2.24 bits per heavy atom. The molecule has 0 saturated heterocycles. The maximum absolute atomic E-state index is 12.1. The largest absolute Gasteiger partial charge is 0.294 e. The van der Waals surface area contributed by atoms with Crippen molar-refractivity contribution in [2.75, 3.05) is 0 Å². The van der Waals surface area contributed by atoms with Crippen molar-refractivity contribution in [1.82, 2.24) is 0 Å². The first-order valence-electron chi connectivity index (χ1n) is 7.95. The van der Waals surface area contributed by atoms with E-state index in [1.165, 1.54) is 22.3 Å². The molecule has 0 N–H and O–H groups in total. The first-order valence-corrected chi connectivity index (χ1v) is 7.95. The highest BCUT2D eigenvalue weighted by atomic mass is 16.1. The molecule has 1 aliphatic carbocycles. The molecule has 21 heavy (non-hydrogen) atoms. The molecule has 0 fully saturated rings. The molecule has 1 aliphatic rings. The van der Waals surface area contributed by atoms with E-state index < -0.39 is 0 Å². The summed E-state index contributed by atoms with van der Waals surface area (Å²) in [7, 11) is 0. The van der Waals surface area contributed by atoms with E-state index in [1.54, 1.807) is 0 Å². The van der Waals surface area contributed by atoms with Gasteiger partial charge in [0.2, 0.25) is 0 Å². The van der Waals surface area contributed by atoms with Crippen LogP contribution in [0.4, 0.5) is 0 Å². The summed E-state index contributed by atoms with van der Waals surface area (Å²) in [6.07, 6.45) is 2.70. The molecule has 1 nitrogen and oxygen atoms in total. The smallest absolute Gasteiger partial charge is 0.162 e. The molecule has 0 amide bonds. The van der Waals surface area contributed by atoms with Gasteiger partial charge in [0.1, 0.15) is 0 Å². The summed E-state index contributed by atoms with van der Waals surface area (Å²) in [6, 6.07) is 15.0. The van der Waals surface area contributed by atoms with Crippen molar-refractivity contribution in [1.29, 1.82) is 0 Å². The van der Waals surface area contributed by atoms with Gasteiger partial charge in [-0.3, -0.25) is 4.79 Å². The molecule has 1 heteroatoms. The van der Waals surface area contributed by atoms with E-state index >= 15 is 0 Å². The van der Waals surface area contributed by atoms with Gasteiger partial charge in [0.15, 0.2) is 5.78 Å². The summed E-state index contributed by atoms with van der Waals surface area (Å²) in [5.74, 6) is 0.231. The number of rotatable bonds is 4. The van der Waals surface area contributed by atoms with Crippen LogP contribution in [0.1, 0.15) is 61.5 Å². The van der Waals surface area contributed by atoms with Crippen molar-refractivity contribution in [3.8, 4) is 11.1 Å². The van der Waals surface area contributed by atoms with Crippen LogP contribution in [0.3, 0.4) is 0 Å². The van der Waals surface area contributed by atoms with Crippen LogP contribution < -0.4 is 0 Å². The normalized spacial score (nSPS) is 14.6. The Balaban J connectivity index is 2.28. The van der Waals surface area contributed by atoms with Gasteiger partial charge in [-0.15, -0.1) is 0 Å². The minimum Gasteiger partial charge on any atom is -0.294 e. The Morgan fingerprint density at radius 2 is 1.57 bits per heavy atom. The van der Waals surface area contributed by atoms with Gasteiger partial charge < -0.3 is 0 Å². The zero-order valence-corrected chi connectivity index (χ0v) is 13.1. The Bertz CT molecular complexity index is 693. The molecule has 0 unspecified atom stereocenters. The topological polar surface area (TPSA) is 17.1 Å². The molecule has 0 saturated carbocycles. The lowest BCUT2D eigenvalue weighted by atomic mass is 9.73. The molecule has 0 aromatic heterocycles. The van der Waals surface area contributed by atoms with Crippen LogP contribution in [0.25, 0.3) is 11.1 Å². The van der Waals surface area contributed by atoms with Crippen LogP contribution in [-0.4, -0.2) is 5.78 Å². The zero-order valence-electron chi connectivity index (χ0n) is 13.1. The van der Waals surface area contributed by atoms with E-state index in [-0.39, 0.29) is 11.2 Å². The van der Waals surface area contributed by atoms with Crippen molar-refractivity contribution >= 4 is 5.78 Å². The summed E-state index contributed by atoms with van der Waals surface area (Å²) in [5, 5.41) is 0. The highest BCUT2D eigenvalue weighted by Gasteiger charge is 2.40. The lowest BCUT2D eigenvalue weighted by Crippen LogP contribution is -2.23. The van der Waals surface area contributed by atoms with Gasteiger partial charge in [0.05, 0.1) is 0 Å². The number of fused-ring (bicyclic) bond motifs is 3.